The highest BCUT2D eigenvalue weighted by Gasteiger charge is 2.28. The van der Waals surface area contributed by atoms with Crippen molar-refractivity contribution in [1.29, 1.82) is 0 Å². The minimum atomic E-state index is -0.884. The van der Waals surface area contributed by atoms with Crippen molar-refractivity contribution in [2.24, 2.45) is 5.92 Å². The first-order valence-electron chi connectivity index (χ1n) is 8.85. The van der Waals surface area contributed by atoms with Crippen LogP contribution in [0.1, 0.15) is 29.8 Å². The molecular formula is C20H21ClFN3O4. The van der Waals surface area contributed by atoms with Crippen molar-refractivity contribution in [2.45, 2.75) is 26.4 Å². The Kier molecular flexibility index (Phi) is 7.28. The van der Waals surface area contributed by atoms with E-state index in [0.29, 0.717) is 5.56 Å². The van der Waals surface area contributed by atoms with Crippen LogP contribution in [0.4, 0.5) is 10.1 Å². The number of hydrogen-bond acceptors (Lipinski definition) is 4. The molecule has 7 nitrogen and oxygen atoms in total. The van der Waals surface area contributed by atoms with Gasteiger partial charge >= 0.3 is 0 Å². The quantitative estimate of drug-likeness (QED) is 0.543. The van der Waals surface area contributed by atoms with Gasteiger partial charge in [-0.2, -0.15) is 0 Å². The third kappa shape index (κ3) is 5.51. The van der Waals surface area contributed by atoms with Crippen LogP contribution in [0.15, 0.2) is 42.5 Å². The van der Waals surface area contributed by atoms with Crippen molar-refractivity contribution in [2.75, 3.05) is 7.05 Å². The number of carbonyl (C=O) groups is 2. The Morgan fingerprint density at radius 2 is 1.90 bits per heavy atom. The third-order valence-corrected chi connectivity index (χ3v) is 4.68. The standard InChI is InChI=1S/C20H21ClFN3O4/c1-12(2)18(20(27)24(3)11-13-6-4-5-7-17(13)22)23-19(26)15-9-8-14(25(28)29)10-16(15)21/h4-10,12,18H,11H2,1-3H3,(H,23,26). The van der Waals surface area contributed by atoms with Crippen LogP contribution in [-0.4, -0.2) is 34.7 Å². The smallest absolute Gasteiger partial charge is 0.270 e. The van der Waals surface area contributed by atoms with Gasteiger partial charge in [0.15, 0.2) is 0 Å². The molecule has 9 heteroatoms. The molecule has 0 saturated heterocycles. The number of non-ortho nitro benzene ring substituents is 1. The number of likely N-dealkylation sites (N-methyl/N-ethyl adjacent to an activating group) is 1. The number of nitro benzene ring substituents is 1. The maximum absolute atomic E-state index is 13.9. The summed E-state index contributed by atoms with van der Waals surface area (Å²) in [6, 6.07) is 8.72. The van der Waals surface area contributed by atoms with Crippen LogP contribution >= 0.6 is 11.6 Å². The molecule has 0 aliphatic heterocycles. The van der Waals surface area contributed by atoms with Gasteiger partial charge in [-0.3, -0.25) is 19.7 Å². The Hall–Kier alpha value is -3.00. The molecule has 0 aliphatic carbocycles. The van der Waals surface area contributed by atoms with E-state index >= 15 is 0 Å². The zero-order valence-corrected chi connectivity index (χ0v) is 16.9. The summed E-state index contributed by atoms with van der Waals surface area (Å²) >= 11 is 6.00. The first-order valence-corrected chi connectivity index (χ1v) is 9.22. The van der Waals surface area contributed by atoms with Crippen LogP contribution in [0.3, 0.4) is 0 Å². The Morgan fingerprint density at radius 3 is 2.45 bits per heavy atom. The molecule has 0 aliphatic rings. The van der Waals surface area contributed by atoms with Gasteiger partial charge in [0.2, 0.25) is 5.91 Å². The fourth-order valence-corrected chi connectivity index (χ4v) is 2.99. The lowest BCUT2D eigenvalue weighted by molar-refractivity contribution is -0.384. The number of amides is 2. The van der Waals surface area contributed by atoms with Gasteiger partial charge in [0.25, 0.3) is 11.6 Å². The van der Waals surface area contributed by atoms with Crippen LogP contribution in [0.5, 0.6) is 0 Å². The molecule has 1 unspecified atom stereocenters. The molecule has 0 radical (unpaired) electrons. The molecule has 29 heavy (non-hydrogen) atoms. The summed E-state index contributed by atoms with van der Waals surface area (Å²) < 4.78 is 13.9. The molecule has 1 N–H and O–H groups in total. The van der Waals surface area contributed by atoms with Crippen LogP contribution in [-0.2, 0) is 11.3 Å². The molecule has 154 valence electrons. The Balaban J connectivity index is 2.16. The highest BCUT2D eigenvalue weighted by Crippen LogP contribution is 2.23. The first-order chi connectivity index (χ1) is 13.6. The molecule has 0 aromatic heterocycles. The third-order valence-electron chi connectivity index (χ3n) is 4.37. The van der Waals surface area contributed by atoms with Crippen LogP contribution < -0.4 is 5.32 Å². The number of carbonyl (C=O) groups excluding carboxylic acids is 2. The van der Waals surface area contributed by atoms with Crippen LogP contribution in [0, 0.1) is 21.8 Å². The number of halogens is 2. The van der Waals surface area contributed by atoms with Crippen LogP contribution in [0.25, 0.3) is 0 Å². The van der Waals surface area contributed by atoms with Gasteiger partial charge in [0.1, 0.15) is 11.9 Å². The fraction of sp³-hybridized carbons (Fsp3) is 0.300. The number of nitro groups is 1. The number of nitrogens with zero attached hydrogens (tertiary/aromatic N) is 2. The normalized spacial score (nSPS) is 11.8. The Labute approximate surface area is 172 Å². The number of nitrogens with one attached hydrogen (secondary N) is 1. The monoisotopic (exact) mass is 421 g/mol. The second kappa shape index (κ2) is 9.47. The molecule has 0 heterocycles. The topological polar surface area (TPSA) is 92.5 Å². The number of hydrogen-bond donors (Lipinski definition) is 1. The van der Waals surface area contributed by atoms with E-state index in [1.54, 1.807) is 32.0 Å². The van der Waals surface area contributed by atoms with Gasteiger partial charge in [-0.1, -0.05) is 43.6 Å². The van der Waals surface area contributed by atoms with E-state index in [-0.39, 0.29) is 28.7 Å². The second-order valence-electron chi connectivity index (χ2n) is 6.90. The molecule has 2 aromatic rings. The summed E-state index contributed by atoms with van der Waals surface area (Å²) in [4.78, 5) is 37.0. The molecular weight excluding hydrogens is 401 g/mol. The summed E-state index contributed by atoms with van der Waals surface area (Å²) in [6.45, 7) is 3.57. The fourth-order valence-electron chi connectivity index (χ4n) is 2.73. The molecule has 2 rings (SSSR count). The Morgan fingerprint density at radius 1 is 1.24 bits per heavy atom. The molecule has 0 spiro atoms. The van der Waals surface area contributed by atoms with Crippen molar-refractivity contribution in [3.05, 3.63) is 74.5 Å². The predicted octanol–water partition coefficient (Wildman–Crippen LogP) is 3.80. The lowest BCUT2D eigenvalue weighted by Crippen LogP contribution is -2.50. The summed E-state index contributed by atoms with van der Waals surface area (Å²) in [7, 11) is 1.52. The van der Waals surface area contributed by atoms with E-state index in [4.69, 9.17) is 11.6 Å². The van der Waals surface area contributed by atoms with Crippen molar-refractivity contribution < 1.29 is 18.9 Å². The number of rotatable bonds is 7. The van der Waals surface area contributed by atoms with Crippen LogP contribution in [0.2, 0.25) is 5.02 Å². The lowest BCUT2D eigenvalue weighted by atomic mass is 10.0. The lowest BCUT2D eigenvalue weighted by Gasteiger charge is -2.27. The highest BCUT2D eigenvalue weighted by molar-refractivity contribution is 6.34. The second-order valence-corrected chi connectivity index (χ2v) is 7.31. The van der Waals surface area contributed by atoms with Crippen molar-refractivity contribution in [3.8, 4) is 0 Å². The van der Waals surface area contributed by atoms with Crippen molar-refractivity contribution in [3.63, 3.8) is 0 Å². The highest BCUT2D eigenvalue weighted by atomic mass is 35.5. The summed E-state index contributed by atoms with van der Waals surface area (Å²) in [5.74, 6) is -1.70. The largest absolute Gasteiger partial charge is 0.340 e. The average molecular weight is 422 g/mol. The van der Waals surface area contributed by atoms with E-state index in [9.17, 15) is 24.1 Å². The maximum atomic E-state index is 13.9. The summed E-state index contributed by atoms with van der Waals surface area (Å²) in [6.07, 6.45) is 0. The minimum Gasteiger partial charge on any atom is -0.340 e. The molecule has 0 fully saturated rings. The Bertz CT molecular complexity index is 936. The zero-order chi connectivity index (χ0) is 21.7. The van der Waals surface area contributed by atoms with E-state index in [1.807, 2.05) is 0 Å². The van der Waals surface area contributed by atoms with Gasteiger partial charge in [0.05, 0.1) is 15.5 Å². The molecule has 0 bridgehead atoms. The minimum absolute atomic E-state index is 0.0208. The van der Waals surface area contributed by atoms with Gasteiger partial charge in [-0.05, 0) is 18.1 Å². The van der Waals surface area contributed by atoms with Crippen molar-refractivity contribution >= 4 is 29.1 Å². The van der Waals surface area contributed by atoms with E-state index < -0.39 is 28.6 Å². The van der Waals surface area contributed by atoms with Gasteiger partial charge in [0, 0.05) is 31.3 Å². The summed E-state index contributed by atoms with van der Waals surface area (Å²) in [5, 5.41) is 13.3. The predicted molar refractivity (Wildman–Crippen MR) is 107 cm³/mol. The average Bonchev–Trinajstić information content (AvgIpc) is 2.66. The number of benzene rings is 2. The molecule has 1 atom stereocenters. The SMILES string of the molecule is CC(C)C(NC(=O)c1ccc([N+](=O)[O-])cc1Cl)C(=O)N(C)Cc1ccccc1F. The van der Waals surface area contributed by atoms with E-state index in [2.05, 4.69) is 5.32 Å². The van der Waals surface area contributed by atoms with Gasteiger partial charge in [-0.25, -0.2) is 4.39 Å². The van der Waals surface area contributed by atoms with Gasteiger partial charge in [-0.15, -0.1) is 0 Å². The van der Waals surface area contributed by atoms with E-state index in [1.165, 1.54) is 24.1 Å². The van der Waals surface area contributed by atoms with Gasteiger partial charge < -0.3 is 10.2 Å². The zero-order valence-electron chi connectivity index (χ0n) is 16.2. The molecule has 0 saturated carbocycles. The van der Waals surface area contributed by atoms with E-state index in [0.717, 1.165) is 12.1 Å². The maximum Gasteiger partial charge on any atom is 0.270 e. The molecule has 2 aromatic carbocycles. The summed E-state index contributed by atoms with van der Waals surface area (Å²) in [5.41, 5.74) is 0.135. The van der Waals surface area contributed by atoms with Crippen molar-refractivity contribution in [1.82, 2.24) is 10.2 Å². The first kappa shape index (κ1) is 22.3. The molecule has 2 amide bonds.